The number of carbonyl (C=O) groups is 2. The van der Waals surface area contributed by atoms with Crippen LogP contribution in [0.3, 0.4) is 0 Å². The maximum absolute atomic E-state index is 9.55. The molecule has 6 heteroatoms. The van der Waals surface area contributed by atoms with Gasteiger partial charge in [-0.1, -0.05) is 36.4 Å². The first-order valence-electron chi connectivity index (χ1n) is 8.49. The zero-order chi connectivity index (χ0) is 19.8. The van der Waals surface area contributed by atoms with Gasteiger partial charge in [-0.2, -0.15) is 0 Å². The number of hydrogen-bond acceptors (Lipinski definition) is 4. The summed E-state index contributed by atoms with van der Waals surface area (Å²) in [6.45, 7) is 2.13. The largest absolute Gasteiger partial charge is 0.496 e. The Morgan fingerprint density at radius 1 is 1.04 bits per heavy atom. The molecule has 0 amide bonds. The van der Waals surface area contributed by atoms with E-state index < -0.39 is 11.9 Å². The Balaban J connectivity index is 0.000000279. The fraction of sp³-hybridized carbons (Fsp3) is 0.238. The van der Waals surface area contributed by atoms with E-state index in [-0.39, 0.29) is 0 Å². The first-order chi connectivity index (χ1) is 12.9. The zero-order valence-corrected chi connectivity index (χ0v) is 15.4. The number of rotatable bonds is 4. The number of fused-ring (bicyclic) bond motifs is 1. The first-order valence-corrected chi connectivity index (χ1v) is 8.49. The number of nitrogens with zero attached hydrogens (tertiary/aromatic N) is 1. The molecule has 2 aromatic rings. The Labute approximate surface area is 158 Å². The van der Waals surface area contributed by atoms with Crippen molar-refractivity contribution in [3.63, 3.8) is 0 Å². The molecule has 6 nitrogen and oxygen atoms in total. The van der Waals surface area contributed by atoms with Gasteiger partial charge < -0.3 is 19.8 Å². The molecule has 0 saturated carbocycles. The molecule has 0 fully saturated rings. The van der Waals surface area contributed by atoms with E-state index in [0.717, 1.165) is 25.3 Å². The van der Waals surface area contributed by atoms with Crippen LogP contribution in [-0.2, 0) is 22.6 Å². The molecule has 2 aromatic carbocycles. The number of methoxy groups -OCH3 is 1. The molecule has 2 N–H and O–H groups in total. The maximum atomic E-state index is 9.55. The minimum atomic E-state index is -1.26. The monoisotopic (exact) mass is 369 g/mol. The van der Waals surface area contributed by atoms with Crippen LogP contribution < -0.4 is 4.74 Å². The second-order valence-corrected chi connectivity index (χ2v) is 6.14. The van der Waals surface area contributed by atoms with Gasteiger partial charge in [0.15, 0.2) is 0 Å². The number of likely N-dealkylation sites (N-methyl/N-ethyl adjacent to an activating group) is 1. The van der Waals surface area contributed by atoms with Crippen molar-refractivity contribution in [2.45, 2.75) is 13.0 Å². The minimum Gasteiger partial charge on any atom is -0.496 e. The van der Waals surface area contributed by atoms with Crippen molar-refractivity contribution in [3.05, 3.63) is 65.7 Å². The Bertz CT molecular complexity index is 814. The third-order valence-electron chi connectivity index (χ3n) is 4.21. The topological polar surface area (TPSA) is 87.1 Å². The number of aliphatic carboxylic acids is 2. The van der Waals surface area contributed by atoms with Crippen LogP contribution in [0, 0.1) is 0 Å². The lowest BCUT2D eigenvalue weighted by atomic mass is 9.90. The molecule has 1 aliphatic heterocycles. The Morgan fingerprint density at radius 2 is 1.67 bits per heavy atom. The van der Waals surface area contributed by atoms with Crippen molar-refractivity contribution in [1.82, 2.24) is 4.90 Å². The standard InChI is InChI=1S/C17H19NO.C4H4O4/c1-18-11-10-13-8-9-16(19-2)17(15(13)12-18)14-6-4-3-5-7-14;5-3(6)1-2-4(7)8/h3-9H,10-12H2,1-2H3;1-2H,(H,5,6)(H,7,8)/b;2-1-. The number of benzene rings is 2. The smallest absolute Gasteiger partial charge is 0.328 e. The molecule has 0 aromatic heterocycles. The second kappa shape index (κ2) is 9.54. The van der Waals surface area contributed by atoms with Crippen molar-refractivity contribution in [2.24, 2.45) is 0 Å². The van der Waals surface area contributed by atoms with E-state index in [0.29, 0.717) is 12.2 Å². The summed E-state index contributed by atoms with van der Waals surface area (Å²) >= 11 is 0. The van der Waals surface area contributed by atoms with Crippen molar-refractivity contribution in [2.75, 3.05) is 20.7 Å². The van der Waals surface area contributed by atoms with Crippen LogP contribution in [0.1, 0.15) is 11.1 Å². The Morgan fingerprint density at radius 3 is 2.22 bits per heavy atom. The molecule has 0 spiro atoms. The molecule has 1 aliphatic rings. The first kappa shape index (κ1) is 20.2. The molecule has 0 radical (unpaired) electrons. The van der Waals surface area contributed by atoms with E-state index in [9.17, 15) is 9.59 Å². The van der Waals surface area contributed by atoms with E-state index in [1.54, 1.807) is 7.11 Å². The van der Waals surface area contributed by atoms with Crippen LogP contribution in [0.2, 0.25) is 0 Å². The van der Waals surface area contributed by atoms with Gasteiger partial charge in [-0.3, -0.25) is 0 Å². The summed E-state index contributed by atoms with van der Waals surface area (Å²) in [5.74, 6) is -1.54. The fourth-order valence-electron chi connectivity index (χ4n) is 2.98. The molecule has 0 atom stereocenters. The third kappa shape index (κ3) is 5.69. The number of carboxylic acids is 2. The molecule has 0 unspecified atom stereocenters. The summed E-state index contributed by atoms with van der Waals surface area (Å²) in [7, 11) is 3.93. The van der Waals surface area contributed by atoms with Crippen molar-refractivity contribution >= 4 is 11.9 Å². The highest BCUT2D eigenvalue weighted by Crippen LogP contribution is 2.37. The van der Waals surface area contributed by atoms with Gasteiger partial charge in [0.2, 0.25) is 0 Å². The van der Waals surface area contributed by atoms with Gasteiger partial charge in [-0.15, -0.1) is 0 Å². The molecule has 0 saturated heterocycles. The number of carboxylic acid groups (broad SMARTS) is 2. The second-order valence-electron chi connectivity index (χ2n) is 6.14. The lowest BCUT2D eigenvalue weighted by molar-refractivity contribution is -0.134. The highest BCUT2D eigenvalue weighted by atomic mass is 16.5. The van der Waals surface area contributed by atoms with E-state index >= 15 is 0 Å². The summed E-state index contributed by atoms with van der Waals surface area (Å²) in [5, 5.41) is 15.6. The molecule has 27 heavy (non-hydrogen) atoms. The predicted octanol–water partition coefficient (Wildman–Crippen LogP) is 3.06. The molecule has 1 heterocycles. The molecular formula is C21H23NO5. The van der Waals surface area contributed by atoms with E-state index in [1.807, 2.05) is 0 Å². The summed E-state index contributed by atoms with van der Waals surface area (Å²) in [4.78, 5) is 21.5. The Hall–Kier alpha value is -3.12. The molecule has 3 rings (SSSR count). The van der Waals surface area contributed by atoms with Gasteiger partial charge in [0.25, 0.3) is 0 Å². The van der Waals surface area contributed by atoms with E-state index in [2.05, 4.69) is 54.4 Å². The summed E-state index contributed by atoms with van der Waals surface area (Å²) in [6, 6.07) is 14.9. The quantitative estimate of drug-likeness (QED) is 0.806. The molecule has 142 valence electrons. The van der Waals surface area contributed by atoms with E-state index in [4.69, 9.17) is 14.9 Å². The Kier molecular flexibility index (Phi) is 7.14. The van der Waals surface area contributed by atoms with Gasteiger partial charge in [-0.05, 0) is 36.2 Å². The van der Waals surface area contributed by atoms with E-state index in [1.165, 1.54) is 22.3 Å². The molecule has 0 bridgehead atoms. The normalized spacial score (nSPS) is 13.4. The SMILES string of the molecule is COc1ccc2c(c1-c1ccccc1)CN(C)CC2.O=C(O)/C=C\C(=O)O. The lowest BCUT2D eigenvalue weighted by Gasteiger charge is -2.28. The minimum absolute atomic E-state index is 0.558. The number of ether oxygens (including phenoxy) is 1. The highest BCUT2D eigenvalue weighted by Gasteiger charge is 2.20. The predicted molar refractivity (Wildman–Crippen MR) is 103 cm³/mol. The van der Waals surface area contributed by atoms with Gasteiger partial charge >= 0.3 is 11.9 Å². The highest BCUT2D eigenvalue weighted by molar-refractivity contribution is 5.89. The maximum Gasteiger partial charge on any atom is 0.328 e. The third-order valence-corrected chi connectivity index (χ3v) is 4.21. The number of hydrogen-bond donors (Lipinski definition) is 2. The van der Waals surface area contributed by atoms with Gasteiger partial charge in [0.05, 0.1) is 7.11 Å². The average molecular weight is 369 g/mol. The summed E-state index contributed by atoms with van der Waals surface area (Å²) in [6.07, 6.45) is 2.24. The molecular weight excluding hydrogens is 346 g/mol. The summed E-state index contributed by atoms with van der Waals surface area (Å²) < 4.78 is 5.58. The molecule has 0 aliphatic carbocycles. The average Bonchev–Trinajstić information content (AvgIpc) is 2.66. The fourth-order valence-corrected chi connectivity index (χ4v) is 2.98. The van der Waals surface area contributed by atoms with Crippen LogP contribution in [-0.4, -0.2) is 47.8 Å². The zero-order valence-electron chi connectivity index (χ0n) is 15.4. The summed E-state index contributed by atoms with van der Waals surface area (Å²) in [5.41, 5.74) is 5.37. The van der Waals surface area contributed by atoms with Crippen LogP contribution in [0.15, 0.2) is 54.6 Å². The lowest BCUT2D eigenvalue weighted by Crippen LogP contribution is -2.27. The van der Waals surface area contributed by atoms with Gasteiger partial charge in [-0.25, -0.2) is 9.59 Å². The van der Waals surface area contributed by atoms with Crippen LogP contribution >= 0.6 is 0 Å². The van der Waals surface area contributed by atoms with Gasteiger partial charge in [0, 0.05) is 30.8 Å². The van der Waals surface area contributed by atoms with Crippen molar-refractivity contribution < 1.29 is 24.5 Å². The van der Waals surface area contributed by atoms with Crippen LogP contribution in [0.4, 0.5) is 0 Å². The van der Waals surface area contributed by atoms with Crippen LogP contribution in [0.25, 0.3) is 11.1 Å². The van der Waals surface area contributed by atoms with Crippen molar-refractivity contribution in [1.29, 1.82) is 0 Å². The van der Waals surface area contributed by atoms with Crippen LogP contribution in [0.5, 0.6) is 5.75 Å². The van der Waals surface area contributed by atoms with Gasteiger partial charge in [0.1, 0.15) is 5.75 Å². The van der Waals surface area contributed by atoms with Crippen molar-refractivity contribution in [3.8, 4) is 16.9 Å².